The van der Waals surface area contributed by atoms with Gasteiger partial charge in [0, 0.05) is 16.0 Å². The second-order valence-corrected chi connectivity index (χ2v) is 12.4. The van der Waals surface area contributed by atoms with Gasteiger partial charge < -0.3 is 9.72 Å². The molecule has 3 fully saturated rings. The van der Waals surface area contributed by atoms with Crippen molar-refractivity contribution in [2.24, 2.45) is 29.6 Å². The molecule has 6 unspecified atom stereocenters. The number of imide groups is 1. The van der Waals surface area contributed by atoms with Crippen molar-refractivity contribution in [3.63, 3.8) is 0 Å². The van der Waals surface area contributed by atoms with Crippen molar-refractivity contribution >= 4 is 46.6 Å². The van der Waals surface area contributed by atoms with Crippen molar-refractivity contribution in [2.45, 2.75) is 29.5 Å². The zero-order chi connectivity index (χ0) is 25.4. The Hall–Kier alpha value is -3.17. The van der Waals surface area contributed by atoms with Crippen LogP contribution in [0, 0.1) is 29.6 Å². The first-order valence-corrected chi connectivity index (χ1v) is 14.3. The summed E-state index contributed by atoms with van der Waals surface area (Å²) in [4.78, 5) is 57.3. The van der Waals surface area contributed by atoms with Crippen molar-refractivity contribution in [1.82, 2.24) is 4.98 Å². The molecule has 0 radical (unpaired) electrons. The second-order valence-electron chi connectivity index (χ2n) is 10.2. The number of hydrogen-bond acceptors (Lipinski definition) is 7. The number of amides is 2. The molecule has 2 aromatic carbocycles. The fourth-order valence-corrected chi connectivity index (χ4v) is 10.2. The molecular weight excluding hydrogens is 508 g/mol. The van der Waals surface area contributed by atoms with Crippen molar-refractivity contribution in [3.05, 3.63) is 80.3 Å². The summed E-state index contributed by atoms with van der Waals surface area (Å²) in [5.41, 5.74) is 2.04. The van der Waals surface area contributed by atoms with Crippen LogP contribution in [-0.2, 0) is 14.3 Å². The van der Waals surface area contributed by atoms with Gasteiger partial charge in [-0.05, 0) is 60.9 Å². The molecule has 188 valence electrons. The zero-order valence-electron chi connectivity index (χ0n) is 20.0. The number of fused-ring (bicyclic) bond motifs is 9. The first kappa shape index (κ1) is 23.0. The number of rotatable bonds is 4. The van der Waals surface area contributed by atoms with Gasteiger partial charge in [0.2, 0.25) is 11.8 Å². The fourth-order valence-electron chi connectivity index (χ4n) is 7.27. The Morgan fingerprint density at radius 3 is 2.41 bits per heavy atom. The van der Waals surface area contributed by atoms with E-state index < -0.39 is 5.97 Å². The highest BCUT2D eigenvalue weighted by molar-refractivity contribution is 8.00. The van der Waals surface area contributed by atoms with E-state index in [1.807, 2.05) is 18.2 Å². The lowest BCUT2D eigenvalue weighted by molar-refractivity contribution is -0.123. The number of aromatic nitrogens is 1. The quantitative estimate of drug-likeness (QED) is 0.398. The van der Waals surface area contributed by atoms with Crippen LogP contribution in [0.1, 0.15) is 40.1 Å². The summed E-state index contributed by atoms with van der Waals surface area (Å²) in [6.07, 6.45) is 0.854. The summed E-state index contributed by atoms with van der Waals surface area (Å²) >= 11 is 2.96. The lowest BCUT2D eigenvalue weighted by Gasteiger charge is -2.43. The van der Waals surface area contributed by atoms with E-state index in [9.17, 15) is 19.2 Å². The van der Waals surface area contributed by atoms with Crippen molar-refractivity contribution in [2.75, 3.05) is 11.5 Å². The first-order valence-electron chi connectivity index (χ1n) is 12.6. The summed E-state index contributed by atoms with van der Waals surface area (Å²) in [6, 6.07) is 16.7. The highest BCUT2D eigenvalue weighted by atomic mass is 32.2. The number of nitrogens with one attached hydrogen (secondary N) is 1. The Bertz CT molecular complexity index is 1480. The molecule has 2 amide bonds. The Labute approximate surface area is 221 Å². The SMILES string of the molecule is CCOC(=O)c1ccc(N2C(=O)C3C4CC(C3C2=O)C2C4Sc3[nH]c(=O)sc3[C@@H]2c2ccccc2)cc1. The molecule has 3 heterocycles. The maximum atomic E-state index is 13.8. The second kappa shape index (κ2) is 8.43. The van der Waals surface area contributed by atoms with Gasteiger partial charge in [0.15, 0.2) is 0 Å². The molecule has 7 rings (SSSR count). The molecule has 2 aliphatic heterocycles. The number of anilines is 1. The van der Waals surface area contributed by atoms with E-state index in [0.29, 0.717) is 11.3 Å². The third-order valence-electron chi connectivity index (χ3n) is 8.52. The molecule has 2 bridgehead atoms. The third kappa shape index (κ3) is 3.26. The summed E-state index contributed by atoms with van der Waals surface area (Å²) in [5, 5.41) is 1.08. The van der Waals surface area contributed by atoms with E-state index in [1.54, 1.807) is 43.0 Å². The number of hydrogen-bond donors (Lipinski definition) is 1. The average molecular weight is 533 g/mol. The Balaban J connectivity index is 1.25. The maximum Gasteiger partial charge on any atom is 0.338 e. The average Bonchev–Trinajstić information content (AvgIpc) is 3.63. The predicted octanol–water partition coefficient (Wildman–Crippen LogP) is 4.29. The molecule has 4 aliphatic rings. The molecule has 1 aromatic heterocycles. The standard InChI is InChI=1S/C28H24N2O5S2/c1-2-35-27(33)14-8-10-15(11-9-14)30-25(31)20-16-12-17(21(20)26(30)32)22-19(16)18(13-6-4-3-5-7-13)23-24(36-22)29-28(34)37-23/h3-11,16-22H,2,12H2,1H3,(H,29,34)/t16?,17?,18-,19?,20?,21?,22?/m1/s1. The number of H-pyrrole nitrogens is 1. The van der Waals surface area contributed by atoms with Gasteiger partial charge in [-0.25, -0.2) is 4.79 Å². The monoisotopic (exact) mass is 532 g/mol. The minimum atomic E-state index is -0.429. The van der Waals surface area contributed by atoms with E-state index in [1.165, 1.54) is 16.2 Å². The van der Waals surface area contributed by atoms with Gasteiger partial charge in [-0.15, -0.1) is 11.8 Å². The van der Waals surface area contributed by atoms with Gasteiger partial charge in [0.25, 0.3) is 0 Å². The van der Waals surface area contributed by atoms with E-state index in [4.69, 9.17) is 4.74 Å². The Kier molecular flexibility index (Phi) is 5.23. The van der Waals surface area contributed by atoms with E-state index >= 15 is 0 Å². The molecule has 1 N–H and O–H groups in total. The van der Waals surface area contributed by atoms with E-state index in [-0.39, 0.29) is 64.1 Å². The van der Waals surface area contributed by atoms with Crippen LogP contribution in [-0.4, -0.2) is 34.6 Å². The lowest BCUT2D eigenvalue weighted by Crippen LogP contribution is -2.42. The summed E-state index contributed by atoms with van der Waals surface area (Å²) < 4.78 is 5.05. The number of nitrogens with zero attached hydrogens (tertiary/aromatic N) is 1. The van der Waals surface area contributed by atoms with Crippen molar-refractivity contribution in [1.29, 1.82) is 0 Å². The number of carbonyl (C=O) groups is 3. The third-order valence-corrected chi connectivity index (χ3v) is 11.1. The number of esters is 1. The highest BCUT2D eigenvalue weighted by Gasteiger charge is 2.69. The number of benzene rings is 2. The molecule has 7 nitrogen and oxygen atoms in total. The van der Waals surface area contributed by atoms with Gasteiger partial charge in [0.1, 0.15) is 0 Å². The van der Waals surface area contributed by atoms with Gasteiger partial charge in [-0.1, -0.05) is 41.7 Å². The van der Waals surface area contributed by atoms with E-state index in [2.05, 4.69) is 17.1 Å². The van der Waals surface area contributed by atoms with Crippen LogP contribution in [0.25, 0.3) is 0 Å². The molecular formula is C28H24N2O5S2. The largest absolute Gasteiger partial charge is 0.462 e. The molecule has 2 saturated carbocycles. The molecule has 0 spiro atoms. The molecule has 1 saturated heterocycles. The van der Waals surface area contributed by atoms with Crippen LogP contribution >= 0.6 is 23.1 Å². The highest BCUT2D eigenvalue weighted by Crippen LogP contribution is 2.68. The molecule has 37 heavy (non-hydrogen) atoms. The van der Waals surface area contributed by atoms with Crippen molar-refractivity contribution in [3.8, 4) is 0 Å². The summed E-state index contributed by atoms with van der Waals surface area (Å²) in [7, 11) is 0. The first-order chi connectivity index (χ1) is 18.0. The molecule has 9 heteroatoms. The maximum absolute atomic E-state index is 13.8. The minimum absolute atomic E-state index is 0.0307. The van der Waals surface area contributed by atoms with Crippen LogP contribution in [0.3, 0.4) is 0 Å². The Morgan fingerprint density at radius 1 is 1.00 bits per heavy atom. The van der Waals surface area contributed by atoms with Crippen LogP contribution in [0.5, 0.6) is 0 Å². The zero-order valence-corrected chi connectivity index (χ0v) is 21.6. The number of thiazole rings is 1. The van der Waals surface area contributed by atoms with Crippen LogP contribution < -0.4 is 9.77 Å². The summed E-state index contributed by atoms with van der Waals surface area (Å²) in [5.74, 6) is -1.06. The fraction of sp³-hybridized carbons (Fsp3) is 0.357. The molecule has 3 aromatic rings. The van der Waals surface area contributed by atoms with Crippen LogP contribution in [0.2, 0.25) is 0 Å². The summed E-state index contributed by atoms with van der Waals surface area (Å²) in [6.45, 7) is 2.02. The van der Waals surface area contributed by atoms with E-state index in [0.717, 1.165) is 21.9 Å². The van der Waals surface area contributed by atoms with Crippen LogP contribution in [0.4, 0.5) is 5.69 Å². The number of thioether (sulfide) groups is 1. The van der Waals surface area contributed by atoms with Crippen LogP contribution in [0.15, 0.2) is 64.4 Å². The van der Waals surface area contributed by atoms with Gasteiger partial charge in [-0.2, -0.15) is 0 Å². The lowest BCUT2D eigenvalue weighted by atomic mass is 9.68. The molecule has 2 aliphatic carbocycles. The molecule has 7 atom stereocenters. The minimum Gasteiger partial charge on any atom is -0.462 e. The Morgan fingerprint density at radius 2 is 1.70 bits per heavy atom. The number of carbonyl (C=O) groups excluding carboxylic acids is 3. The van der Waals surface area contributed by atoms with Gasteiger partial charge in [-0.3, -0.25) is 19.3 Å². The number of ether oxygens (including phenoxy) is 1. The topological polar surface area (TPSA) is 96.5 Å². The normalized spacial score (nSPS) is 31.3. The van der Waals surface area contributed by atoms with Crippen molar-refractivity contribution < 1.29 is 19.1 Å². The van der Waals surface area contributed by atoms with Gasteiger partial charge >= 0.3 is 10.8 Å². The number of aromatic amines is 1. The predicted molar refractivity (Wildman–Crippen MR) is 140 cm³/mol. The smallest absolute Gasteiger partial charge is 0.338 e. The van der Waals surface area contributed by atoms with Gasteiger partial charge in [0.05, 0.1) is 34.7 Å².